The van der Waals surface area contributed by atoms with Gasteiger partial charge in [-0.25, -0.2) is 0 Å². The van der Waals surface area contributed by atoms with Crippen molar-refractivity contribution >= 4 is 28.6 Å². The van der Waals surface area contributed by atoms with E-state index < -0.39 is 5.54 Å². The van der Waals surface area contributed by atoms with Gasteiger partial charge in [0.1, 0.15) is 0 Å². The maximum atomic E-state index is 11.2. The van der Waals surface area contributed by atoms with E-state index in [1.165, 1.54) is 7.11 Å². The number of hydrogen-bond acceptors (Lipinski definition) is 3. The molecule has 0 fully saturated rings. The van der Waals surface area contributed by atoms with E-state index in [9.17, 15) is 4.79 Å². The summed E-state index contributed by atoms with van der Waals surface area (Å²) < 4.78 is 5.75. The molecule has 0 aliphatic rings. The fourth-order valence-corrected chi connectivity index (χ4v) is 1.66. The van der Waals surface area contributed by atoms with Crippen LogP contribution in [0.2, 0.25) is 0 Å². The molecule has 82 valence electrons. The molecule has 0 aliphatic heterocycles. The number of ether oxygens (including phenoxy) is 1. The number of halogens is 1. The first kappa shape index (κ1) is 12.4. The Bertz CT molecular complexity index is 346. The highest BCUT2D eigenvalue weighted by atomic mass is 127. The van der Waals surface area contributed by atoms with Crippen LogP contribution < -0.4 is 5.73 Å². The summed E-state index contributed by atoms with van der Waals surface area (Å²) in [6.45, 7) is 1.83. The highest BCUT2D eigenvalue weighted by molar-refractivity contribution is 14.1. The Kier molecular flexibility index (Phi) is 4.10. The molecule has 0 heterocycles. The molecule has 1 rings (SSSR count). The second kappa shape index (κ2) is 4.94. The molecule has 0 saturated carbocycles. The molecule has 4 heteroatoms. The minimum atomic E-state index is -0.669. The smallest absolute Gasteiger partial charge is 0.307 e. The van der Waals surface area contributed by atoms with E-state index in [0.29, 0.717) is 0 Å². The zero-order chi connectivity index (χ0) is 11.5. The molecule has 0 aromatic heterocycles. The van der Waals surface area contributed by atoms with Gasteiger partial charge in [0.25, 0.3) is 0 Å². The molecule has 0 aliphatic carbocycles. The molecule has 0 radical (unpaired) electrons. The Morgan fingerprint density at radius 3 is 2.47 bits per heavy atom. The van der Waals surface area contributed by atoms with Crippen molar-refractivity contribution < 1.29 is 9.53 Å². The van der Waals surface area contributed by atoms with Crippen LogP contribution in [0.3, 0.4) is 0 Å². The third-order valence-electron chi connectivity index (χ3n) is 2.24. The van der Waals surface area contributed by atoms with E-state index in [4.69, 9.17) is 5.73 Å². The fraction of sp³-hybridized carbons (Fsp3) is 0.364. The second-order valence-corrected chi connectivity index (χ2v) is 4.92. The lowest BCUT2D eigenvalue weighted by molar-refractivity contribution is -0.141. The quantitative estimate of drug-likeness (QED) is 0.685. The van der Waals surface area contributed by atoms with Gasteiger partial charge >= 0.3 is 5.97 Å². The van der Waals surface area contributed by atoms with E-state index in [1.54, 1.807) is 0 Å². The molecule has 0 spiro atoms. The van der Waals surface area contributed by atoms with Crippen molar-refractivity contribution in [3.63, 3.8) is 0 Å². The van der Waals surface area contributed by atoms with E-state index >= 15 is 0 Å². The van der Waals surface area contributed by atoms with Crippen LogP contribution in [0.15, 0.2) is 24.3 Å². The molecule has 2 N–H and O–H groups in total. The highest BCUT2D eigenvalue weighted by Gasteiger charge is 2.25. The Labute approximate surface area is 103 Å². The van der Waals surface area contributed by atoms with Crippen molar-refractivity contribution in [2.45, 2.75) is 18.9 Å². The Morgan fingerprint density at radius 1 is 1.47 bits per heavy atom. The van der Waals surface area contributed by atoms with Gasteiger partial charge in [0.15, 0.2) is 0 Å². The predicted octanol–water partition coefficient (Wildman–Crippen LogP) is 2.03. The third kappa shape index (κ3) is 3.46. The number of carbonyl (C=O) groups excluding carboxylic acids is 1. The summed E-state index contributed by atoms with van der Waals surface area (Å²) in [5.74, 6) is -0.293. The van der Waals surface area contributed by atoms with Crippen molar-refractivity contribution in [1.82, 2.24) is 0 Å². The molecule has 1 atom stereocenters. The third-order valence-corrected chi connectivity index (χ3v) is 2.96. The molecule has 1 aromatic rings. The SMILES string of the molecule is COC(=O)CC(C)(N)c1ccc(I)cc1. The monoisotopic (exact) mass is 319 g/mol. The van der Waals surface area contributed by atoms with Crippen LogP contribution in [0.1, 0.15) is 18.9 Å². The van der Waals surface area contributed by atoms with Gasteiger partial charge in [-0.3, -0.25) is 4.79 Å². The molecule has 3 nitrogen and oxygen atoms in total. The minimum absolute atomic E-state index is 0.185. The summed E-state index contributed by atoms with van der Waals surface area (Å²) in [5, 5.41) is 0. The van der Waals surface area contributed by atoms with Gasteiger partial charge in [-0.1, -0.05) is 12.1 Å². The normalized spacial score (nSPS) is 14.4. The highest BCUT2D eigenvalue weighted by Crippen LogP contribution is 2.22. The molecule has 0 bridgehead atoms. The number of carbonyl (C=O) groups is 1. The number of rotatable bonds is 3. The maximum Gasteiger partial charge on any atom is 0.307 e. The predicted molar refractivity (Wildman–Crippen MR) is 67.3 cm³/mol. The first-order valence-electron chi connectivity index (χ1n) is 4.57. The van der Waals surface area contributed by atoms with E-state index in [2.05, 4.69) is 27.3 Å². The van der Waals surface area contributed by atoms with Gasteiger partial charge in [-0.15, -0.1) is 0 Å². The summed E-state index contributed by atoms with van der Waals surface area (Å²) in [7, 11) is 1.37. The summed E-state index contributed by atoms with van der Waals surface area (Å²) in [4.78, 5) is 11.2. The lowest BCUT2D eigenvalue weighted by atomic mass is 9.90. The van der Waals surface area contributed by atoms with Gasteiger partial charge in [0, 0.05) is 9.11 Å². The molecular weight excluding hydrogens is 305 g/mol. The zero-order valence-corrected chi connectivity index (χ0v) is 10.9. The van der Waals surface area contributed by atoms with Gasteiger partial charge in [0.05, 0.1) is 13.5 Å². The van der Waals surface area contributed by atoms with Gasteiger partial charge in [-0.2, -0.15) is 0 Å². The fourth-order valence-electron chi connectivity index (χ4n) is 1.30. The lowest BCUT2D eigenvalue weighted by Gasteiger charge is -2.23. The van der Waals surface area contributed by atoms with Crippen LogP contribution in [-0.2, 0) is 15.1 Å². The Morgan fingerprint density at radius 2 is 2.00 bits per heavy atom. The maximum absolute atomic E-state index is 11.2. The van der Waals surface area contributed by atoms with Crippen molar-refractivity contribution in [3.05, 3.63) is 33.4 Å². The topological polar surface area (TPSA) is 52.3 Å². The Hall–Kier alpha value is -0.620. The van der Waals surface area contributed by atoms with E-state index in [0.717, 1.165) is 9.13 Å². The Balaban J connectivity index is 2.85. The molecule has 15 heavy (non-hydrogen) atoms. The zero-order valence-electron chi connectivity index (χ0n) is 8.79. The van der Waals surface area contributed by atoms with Crippen LogP contribution >= 0.6 is 22.6 Å². The summed E-state index contributed by atoms with van der Waals surface area (Å²) in [5.41, 5.74) is 6.33. The summed E-state index contributed by atoms with van der Waals surface area (Å²) >= 11 is 2.23. The molecule has 0 saturated heterocycles. The standard InChI is InChI=1S/C11H14INO2/c1-11(13,7-10(14)15-2)8-3-5-9(12)6-4-8/h3-6H,7,13H2,1-2H3. The van der Waals surface area contributed by atoms with Crippen molar-refractivity contribution in [1.29, 1.82) is 0 Å². The van der Waals surface area contributed by atoms with Crippen LogP contribution in [0, 0.1) is 3.57 Å². The minimum Gasteiger partial charge on any atom is -0.469 e. The molecule has 0 amide bonds. The average molecular weight is 319 g/mol. The van der Waals surface area contributed by atoms with Crippen LogP contribution in [0.5, 0.6) is 0 Å². The van der Waals surface area contributed by atoms with Gasteiger partial charge in [0.2, 0.25) is 0 Å². The average Bonchev–Trinajstić information content (AvgIpc) is 2.17. The molecule has 1 aromatic carbocycles. The van der Waals surface area contributed by atoms with Crippen LogP contribution in [-0.4, -0.2) is 13.1 Å². The number of esters is 1. The van der Waals surface area contributed by atoms with Crippen molar-refractivity contribution in [2.24, 2.45) is 5.73 Å². The summed E-state index contributed by atoms with van der Waals surface area (Å²) in [6.07, 6.45) is 0.185. The molecule has 1 unspecified atom stereocenters. The van der Waals surface area contributed by atoms with Crippen molar-refractivity contribution in [2.75, 3.05) is 7.11 Å². The van der Waals surface area contributed by atoms with Crippen molar-refractivity contribution in [3.8, 4) is 0 Å². The number of nitrogens with two attached hydrogens (primary N) is 1. The first-order chi connectivity index (χ1) is 6.95. The van der Waals surface area contributed by atoms with Crippen LogP contribution in [0.4, 0.5) is 0 Å². The lowest BCUT2D eigenvalue weighted by Crippen LogP contribution is -2.35. The van der Waals surface area contributed by atoms with Gasteiger partial charge < -0.3 is 10.5 Å². The molecular formula is C11H14INO2. The number of hydrogen-bond donors (Lipinski definition) is 1. The largest absolute Gasteiger partial charge is 0.469 e. The van der Waals surface area contributed by atoms with E-state index in [1.807, 2.05) is 31.2 Å². The van der Waals surface area contributed by atoms with E-state index in [-0.39, 0.29) is 12.4 Å². The van der Waals surface area contributed by atoms with Crippen LogP contribution in [0.25, 0.3) is 0 Å². The second-order valence-electron chi connectivity index (χ2n) is 3.68. The summed E-state index contributed by atoms with van der Waals surface area (Å²) in [6, 6.07) is 7.81. The van der Waals surface area contributed by atoms with Gasteiger partial charge in [-0.05, 0) is 47.2 Å². The number of methoxy groups -OCH3 is 1. The number of benzene rings is 1. The first-order valence-corrected chi connectivity index (χ1v) is 5.65.